The van der Waals surface area contributed by atoms with Gasteiger partial charge in [0.25, 0.3) is 0 Å². The Morgan fingerprint density at radius 3 is 2.30 bits per heavy atom. The van der Waals surface area contributed by atoms with Crippen LogP contribution in [0.2, 0.25) is 0 Å². The monoisotopic (exact) mass is 294 g/mol. The zero-order valence-corrected chi connectivity index (χ0v) is 12.6. The topological polar surface area (TPSA) is 58.2 Å². The molecule has 2 aliphatic carbocycles. The summed E-state index contributed by atoms with van der Waals surface area (Å²) in [7, 11) is -3.20. The lowest BCUT2D eigenvalue weighted by Crippen LogP contribution is -2.28. The van der Waals surface area contributed by atoms with Gasteiger partial charge in [-0.1, -0.05) is 31.2 Å². The maximum Gasteiger partial charge on any atom is 0.216 e. The second-order valence-corrected chi connectivity index (χ2v) is 7.92. The molecule has 1 aromatic carbocycles. The fourth-order valence-electron chi connectivity index (χ4n) is 2.28. The molecular weight excluding hydrogens is 272 g/mol. The molecule has 4 nitrogen and oxygen atoms in total. The number of benzene rings is 1. The second-order valence-electron chi connectivity index (χ2n) is 6.17. The van der Waals surface area contributed by atoms with Crippen molar-refractivity contribution in [3.05, 3.63) is 35.4 Å². The van der Waals surface area contributed by atoms with Gasteiger partial charge in [0.1, 0.15) is 0 Å². The highest BCUT2D eigenvalue weighted by Crippen LogP contribution is 2.30. The Kier molecular flexibility index (Phi) is 3.84. The highest BCUT2D eigenvalue weighted by atomic mass is 32.2. The highest BCUT2D eigenvalue weighted by Gasteiger charge is 2.35. The Morgan fingerprint density at radius 2 is 1.75 bits per heavy atom. The summed E-state index contributed by atoms with van der Waals surface area (Å²) in [5, 5.41) is 3.45. The molecule has 0 radical (unpaired) electrons. The van der Waals surface area contributed by atoms with Gasteiger partial charge in [-0.3, -0.25) is 0 Å². The Balaban J connectivity index is 1.53. The molecule has 0 heterocycles. The molecule has 3 rings (SSSR count). The van der Waals surface area contributed by atoms with Gasteiger partial charge in [0, 0.05) is 18.6 Å². The van der Waals surface area contributed by atoms with Gasteiger partial charge in [0.05, 0.1) is 5.75 Å². The number of hydrogen-bond donors (Lipinski definition) is 2. The van der Waals surface area contributed by atoms with Crippen molar-refractivity contribution in [3.63, 3.8) is 0 Å². The maximum atomic E-state index is 12.0. The molecule has 5 heteroatoms. The highest BCUT2D eigenvalue weighted by molar-refractivity contribution is 7.88. The van der Waals surface area contributed by atoms with E-state index in [0.717, 1.165) is 18.5 Å². The number of nitrogens with one attached hydrogen (secondary N) is 2. The quantitative estimate of drug-likeness (QED) is 0.806. The van der Waals surface area contributed by atoms with Crippen molar-refractivity contribution in [2.45, 2.75) is 50.6 Å². The van der Waals surface area contributed by atoms with Gasteiger partial charge in [0.15, 0.2) is 0 Å². The van der Waals surface area contributed by atoms with Gasteiger partial charge < -0.3 is 5.32 Å². The summed E-state index contributed by atoms with van der Waals surface area (Å²) in [6, 6.07) is 8.71. The summed E-state index contributed by atoms with van der Waals surface area (Å²) in [6.07, 6.45) is 3.52. The Morgan fingerprint density at radius 1 is 1.15 bits per heavy atom. The minimum absolute atomic E-state index is 0.0759. The van der Waals surface area contributed by atoms with Crippen LogP contribution in [0.1, 0.15) is 37.3 Å². The van der Waals surface area contributed by atoms with Crippen LogP contribution >= 0.6 is 0 Å². The summed E-state index contributed by atoms with van der Waals surface area (Å²) < 4.78 is 26.7. The molecule has 2 aliphatic rings. The fraction of sp³-hybridized carbons (Fsp3) is 0.600. The SMILES string of the molecule is CC1CC1NS(=O)(=O)Cc1ccc(CNC2CC2)cc1. The molecule has 0 saturated heterocycles. The van der Waals surface area contributed by atoms with Crippen LogP contribution in [0.5, 0.6) is 0 Å². The van der Waals surface area contributed by atoms with Crippen LogP contribution in [0.15, 0.2) is 24.3 Å². The molecule has 2 saturated carbocycles. The molecule has 20 heavy (non-hydrogen) atoms. The smallest absolute Gasteiger partial charge is 0.216 e. The number of sulfonamides is 1. The van der Waals surface area contributed by atoms with Crippen molar-refractivity contribution >= 4 is 10.0 Å². The average molecular weight is 294 g/mol. The first kappa shape index (κ1) is 14.0. The molecule has 1 aromatic rings. The first-order valence-electron chi connectivity index (χ1n) is 7.33. The van der Waals surface area contributed by atoms with E-state index in [0.29, 0.717) is 12.0 Å². The molecule has 0 amide bonds. The van der Waals surface area contributed by atoms with Crippen LogP contribution < -0.4 is 10.0 Å². The van der Waals surface area contributed by atoms with Crippen molar-refractivity contribution in [3.8, 4) is 0 Å². The minimum Gasteiger partial charge on any atom is -0.310 e. The largest absolute Gasteiger partial charge is 0.310 e. The third kappa shape index (κ3) is 4.04. The van der Waals surface area contributed by atoms with E-state index in [1.165, 1.54) is 18.4 Å². The normalized spacial score (nSPS) is 25.6. The van der Waals surface area contributed by atoms with Gasteiger partial charge in [-0.05, 0) is 36.3 Å². The summed E-state index contributed by atoms with van der Waals surface area (Å²) in [5.41, 5.74) is 2.06. The summed E-state index contributed by atoms with van der Waals surface area (Å²) in [4.78, 5) is 0. The third-order valence-corrected chi connectivity index (χ3v) is 5.37. The molecule has 2 atom stereocenters. The fourth-order valence-corrected chi connectivity index (χ4v) is 3.79. The molecule has 2 unspecified atom stereocenters. The molecular formula is C15H22N2O2S. The third-order valence-electron chi connectivity index (χ3n) is 3.99. The first-order chi connectivity index (χ1) is 9.52. The van der Waals surface area contributed by atoms with Crippen LogP contribution in [-0.2, 0) is 22.3 Å². The lowest BCUT2D eigenvalue weighted by molar-refractivity contribution is 0.577. The van der Waals surface area contributed by atoms with Crippen molar-refractivity contribution in [2.24, 2.45) is 5.92 Å². The second kappa shape index (κ2) is 5.47. The van der Waals surface area contributed by atoms with E-state index in [1.54, 1.807) is 0 Å². The van der Waals surface area contributed by atoms with Gasteiger partial charge in [-0.25, -0.2) is 13.1 Å². The molecule has 2 fully saturated rings. The Bertz CT molecular complexity index is 564. The predicted molar refractivity (Wildman–Crippen MR) is 79.6 cm³/mol. The van der Waals surface area contributed by atoms with Crippen molar-refractivity contribution in [1.82, 2.24) is 10.0 Å². The standard InChI is InChI=1S/C15H22N2O2S/c1-11-8-15(11)17-20(18,19)10-13-4-2-12(3-5-13)9-16-14-6-7-14/h2-5,11,14-17H,6-10H2,1H3. The van der Waals surface area contributed by atoms with E-state index in [-0.39, 0.29) is 11.8 Å². The van der Waals surface area contributed by atoms with E-state index in [4.69, 9.17) is 0 Å². The Hall–Kier alpha value is -0.910. The number of rotatable bonds is 7. The lowest BCUT2D eigenvalue weighted by atomic mass is 10.1. The van der Waals surface area contributed by atoms with Crippen LogP contribution in [0.3, 0.4) is 0 Å². The summed E-state index contributed by atoms with van der Waals surface area (Å²) in [5.74, 6) is 0.563. The summed E-state index contributed by atoms with van der Waals surface area (Å²) in [6.45, 7) is 2.93. The van der Waals surface area contributed by atoms with Gasteiger partial charge in [0.2, 0.25) is 10.0 Å². The summed E-state index contributed by atoms with van der Waals surface area (Å²) >= 11 is 0. The van der Waals surface area contributed by atoms with Crippen LogP contribution in [0.4, 0.5) is 0 Å². The molecule has 0 aliphatic heterocycles. The van der Waals surface area contributed by atoms with E-state index < -0.39 is 10.0 Å². The van der Waals surface area contributed by atoms with E-state index in [2.05, 4.69) is 17.0 Å². The van der Waals surface area contributed by atoms with E-state index in [1.807, 2.05) is 24.3 Å². The van der Waals surface area contributed by atoms with E-state index in [9.17, 15) is 8.42 Å². The van der Waals surface area contributed by atoms with Crippen molar-refractivity contribution < 1.29 is 8.42 Å². The Labute approximate surface area is 121 Å². The van der Waals surface area contributed by atoms with Crippen LogP contribution in [-0.4, -0.2) is 20.5 Å². The molecule has 0 aromatic heterocycles. The maximum absolute atomic E-state index is 12.0. The predicted octanol–water partition coefficient (Wildman–Crippen LogP) is 1.77. The lowest BCUT2D eigenvalue weighted by Gasteiger charge is -2.07. The zero-order chi connectivity index (χ0) is 14.2. The first-order valence-corrected chi connectivity index (χ1v) is 8.98. The minimum atomic E-state index is -3.20. The average Bonchev–Trinajstić information content (AvgIpc) is 3.28. The van der Waals surface area contributed by atoms with Gasteiger partial charge in [-0.2, -0.15) is 0 Å². The molecule has 2 N–H and O–H groups in total. The van der Waals surface area contributed by atoms with Gasteiger partial charge in [-0.15, -0.1) is 0 Å². The van der Waals surface area contributed by atoms with Crippen molar-refractivity contribution in [2.75, 3.05) is 0 Å². The molecule has 110 valence electrons. The van der Waals surface area contributed by atoms with E-state index >= 15 is 0 Å². The number of hydrogen-bond acceptors (Lipinski definition) is 3. The zero-order valence-electron chi connectivity index (χ0n) is 11.8. The van der Waals surface area contributed by atoms with Gasteiger partial charge >= 0.3 is 0 Å². The molecule has 0 spiro atoms. The van der Waals surface area contributed by atoms with Crippen molar-refractivity contribution in [1.29, 1.82) is 0 Å². The van der Waals surface area contributed by atoms with Crippen LogP contribution in [0.25, 0.3) is 0 Å². The molecule has 0 bridgehead atoms. The van der Waals surface area contributed by atoms with Crippen LogP contribution in [0, 0.1) is 5.92 Å².